The van der Waals surface area contributed by atoms with E-state index in [1.807, 2.05) is 6.07 Å². The number of anilines is 2. The lowest BCUT2D eigenvalue weighted by atomic mass is 9.68. The van der Waals surface area contributed by atoms with Crippen molar-refractivity contribution in [2.45, 2.75) is 12.3 Å². The number of aromatic nitrogens is 2. The molecule has 1 spiro atoms. The normalized spacial score (nSPS) is 20.7. The molecular formula is C16H13N7O3. The maximum Gasteiger partial charge on any atom is 0.269 e. The van der Waals surface area contributed by atoms with E-state index < -0.39 is 16.2 Å². The average molecular weight is 351 g/mol. The summed E-state index contributed by atoms with van der Waals surface area (Å²) in [4.78, 5) is 25.5. The fourth-order valence-electron chi connectivity index (χ4n) is 3.83. The summed E-state index contributed by atoms with van der Waals surface area (Å²) in [5.41, 5.74) is 6.08. The van der Waals surface area contributed by atoms with Gasteiger partial charge in [0, 0.05) is 41.7 Å². The molecule has 26 heavy (non-hydrogen) atoms. The molecule has 10 heteroatoms. The Hall–Kier alpha value is -3.87. The minimum atomic E-state index is -1.58. The molecule has 4 rings (SSSR count). The number of non-ortho nitro benzene ring substituents is 1. The van der Waals surface area contributed by atoms with Crippen molar-refractivity contribution in [1.82, 2.24) is 10.2 Å². The molecule has 0 aliphatic carbocycles. The van der Waals surface area contributed by atoms with Crippen LogP contribution in [-0.2, 0) is 10.2 Å². The Morgan fingerprint density at radius 3 is 2.85 bits per heavy atom. The van der Waals surface area contributed by atoms with E-state index >= 15 is 0 Å². The number of benzene rings is 1. The van der Waals surface area contributed by atoms with E-state index in [-0.39, 0.29) is 17.1 Å². The van der Waals surface area contributed by atoms with Gasteiger partial charge in [-0.2, -0.15) is 10.4 Å². The van der Waals surface area contributed by atoms with Gasteiger partial charge in [0.05, 0.1) is 10.5 Å². The molecule has 0 saturated heterocycles. The first-order valence-corrected chi connectivity index (χ1v) is 7.63. The predicted molar refractivity (Wildman–Crippen MR) is 91.1 cm³/mol. The first-order valence-electron chi connectivity index (χ1n) is 7.63. The zero-order valence-electron chi connectivity index (χ0n) is 13.8. The van der Waals surface area contributed by atoms with Crippen LogP contribution in [-0.4, -0.2) is 28.1 Å². The molecule has 1 unspecified atom stereocenters. The number of carbonyl (C=O) groups is 1. The van der Waals surface area contributed by atoms with E-state index in [4.69, 9.17) is 5.73 Å². The number of rotatable bonds is 1. The number of aryl methyl sites for hydroxylation is 1. The molecule has 0 saturated carbocycles. The lowest BCUT2D eigenvalue weighted by molar-refractivity contribution is -0.384. The summed E-state index contributed by atoms with van der Waals surface area (Å²) in [7, 11) is 1.56. The number of nitro groups is 1. The second kappa shape index (κ2) is 4.82. The van der Waals surface area contributed by atoms with Crippen molar-refractivity contribution >= 4 is 23.1 Å². The van der Waals surface area contributed by atoms with Gasteiger partial charge in [-0.05, 0) is 13.0 Å². The largest absolute Gasteiger partial charge is 0.384 e. The highest BCUT2D eigenvalue weighted by molar-refractivity contribution is 6.14. The highest BCUT2D eigenvalue weighted by Crippen LogP contribution is 2.55. The first kappa shape index (κ1) is 15.6. The third-order valence-corrected chi connectivity index (χ3v) is 4.91. The van der Waals surface area contributed by atoms with E-state index in [9.17, 15) is 20.2 Å². The molecular weight excluding hydrogens is 338 g/mol. The number of hydrogen-bond acceptors (Lipinski definition) is 7. The minimum Gasteiger partial charge on any atom is -0.384 e. The van der Waals surface area contributed by atoms with Gasteiger partial charge in [0.25, 0.3) is 5.69 Å². The Morgan fingerprint density at radius 2 is 2.19 bits per heavy atom. The van der Waals surface area contributed by atoms with Crippen LogP contribution in [0.1, 0.15) is 16.8 Å². The third-order valence-electron chi connectivity index (χ3n) is 4.91. The number of nitrogens with zero attached hydrogens (tertiary/aromatic N) is 4. The standard InChI is InChI=1S/C16H13N7O3/c1-7-12-14(21-20-7)19-13(18)10(6-17)16(12)9-5-8(23(25)26)3-4-11(9)22(2)15(16)24/h3-5H,18H2,1-2H3,(H2,19,20,21). The number of aromatic amines is 1. The van der Waals surface area contributed by atoms with Gasteiger partial charge in [-0.25, -0.2) is 0 Å². The van der Waals surface area contributed by atoms with Crippen molar-refractivity contribution in [3.8, 4) is 6.07 Å². The fourth-order valence-corrected chi connectivity index (χ4v) is 3.83. The second-order valence-corrected chi connectivity index (χ2v) is 6.17. The second-order valence-electron chi connectivity index (χ2n) is 6.17. The molecule has 3 heterocycles. The lowest BCUT2D eigenvalue weighted by Crippen LogP contribution is -2.45. The number of nitrogens with one attached hydrogen (secondary N) is 2. The summed E-state index contributed by atoms with van der Waals surface area (Å²) < 4.78 is 0. The summed E-state index contributed by atoms with van der Waals surface area (Å²) in [5, 5.41) is 30.8. The van der Waals surface area contributed by atoms with Gasteiger partial charge in [-0.1, -0.05) is 0 Å². The number of nitro benzene ring substituents is 1. The van der Waals surface area contributed by atoms with Crippen LogP contribution in [0.15, 0.2) is 29.6 Å². The van der Waals surface area contributed by atoms with Crippen molar-refractivity contribution in [2.24, 2.45) is 5.73 Å². The topological polar surface area (TPSA) is 154 Å². The maximum atomic E-state index is 13.4. The van der Waals surface area contributed by atoms with Crippen LogP contribution in [0.5, 0.6) is 0 Å². The van der Waals surface area contributed by atoms with Crippen molar-refractivity contribution in [2.75, 3.05) is 17.3 Å². The Kier molecular flexibility index (Phi) is 2.90. The zero-order chi connectivity index (χ0) is 18.8. The van der Waals surface area contributed by atoms with Crippen molar-refractivity contribution in [3.63, 3.8) is 0 Å². The van der Waals surface area contributed by atoms with Gasteiger partial charge in [0.2, 0.25) is 5.91 Å². The van der Waals surface area contributed by atoms with E-state index in [1.165, 1.54) is 23.1 Å². The SMILES string of the molecule is Cc1[nH]nc2c1C1(C(=O)N(C)c3ccc([N+](=O)[O-])cc31)C(C#N)=C(N)N2. The Bertz CT molecular complexity index is 1080. The lowest BCUT2D eigenvalue weighted by Gasteiger charge is -2.33. The fraction of sp³-hybridized carbons (Fsp3) is 0.188. The third kappa shape index (κ3) is 1.59. The summed E-state index contributed by atoms with van der Waals surface area (Å²) >= 11 is 0. The van der Waals surface area contributed by atoms with Crippen molar-refractivity contribution in [3.05, 3.63) is 56.5 Å². The average Bonchev–Trinajstić information content (AvgIpc) is 3.07. The van der Waals surface area contributed by atoms with Gasteiger partial charge in [-0.3, -0.25) is 20.0 Å². The maximum absolute atomic E-state index is 13.4. The monoisotopic (exact) mass is 351 g/mol. The molecule has 0 fully saturated rings. The molecule has 0 bridgehead atoms. The highest BCUT2D eigenvalue weighted by Gasteiger charge is 2.59. The smallest absolute Gasteiger partial charge is 0.269 e. The summed E-state index contributed by atoms with van der Waals surface area (Å²) in [6.07, 6.45) is 0. The number of hydrogen-bond donors (Lipinski definition) is 3. The van der Waals surface area contributed by atoms with Gasteiger partial charge >= 0.3 is 0 Å². The molecule has 1 aromatic carbocycles. The highest BCUT2D eigenvalue weighted by atomic mass is 16.6. The number of nitrogens with two attached hydrogens (primary N) is 1. The quantitative estimate of drug-likeness (QED) is 0.511. The van der Waals surface area contributed by atoms with Crippen molar-refractivity contribution in [1.29, 1.82) is 5.26 Å². The van der Waals surface area contributed by atoms with Crippen molar-refractivity contribution < 1.29 is 9.72 Å². The Labute approximate surface area is 147 Å². The van der Waals surface area contributed by atoms with E-state index in [2.05, 4.69) is 15.5 Å². The van der Waals surface area contributed by atoms with E-state index in [0.717, 1.165) is 0 Å². The molecule has 0 radical (unpaired) electrons. The number of amides is 1. The zero-order valence-corrected chi connectivity index (χ0v) is 13.8. The summed E-state index contributed by atoms with van der Waals surface area (Å²) in [5.74, 6) is -0.104. The molecule has 2 aliphatic heterocycles. The Balaban J connectivity index is 2.19. The first-order chi connectivity index (χ1) is 12.3. The molecule has 2 aliphatic rings. The molecule has 2 aromatic rings. The predicted octanol–water partition coefficient (Wildman–Crippen LogP) is 1.01. The number of likely N-dealkylation sites (N-methyl/N-ethyl adjacent to an activating group) is 1. The number of H-pyrrole nitrogens is 1. The van der Waals surface area contributed by atoms with Gasteiger partial charge in [0.15, 0.2) is 5.82 Å². The van der Waals surface area contributed by atoms with Gasteiger partial charge in [0.1, 0.15) is 17.3 Å². The number of nitriles is 1. The minimum absolute atomic E-state index is 0.00685. The molecule has 10 nitrogen and oxygen atoms in total. The number of fused-ring (bicyclic) bond motifs is 4. The van der Waals surface area contributed by atoms with E-state index in [1.54, 1.807) is 14.0 Å². The van der Waals surface area contributed by atoms with Crippen LogP contribution < -0.4 is 16.0 Å². The molecule has 4 N–H and O–H groups in total. The summed E-state index contributed by atoms with van der Waals surface area (Å²) in [6, 6.07) is 6.17. The van der Waals surface area contributed by atoms with Crippen LogP contribution in [0.2, 0.25) is 0 Å². The Morgan fingerprint density at radius 1 is 1.46 bits per heavy atom. The van der Waals surface area contributed by atoms with Gasteiger partial charge < -0.3 is 16.0 Å². The van der Waals surface area contributed by atoms with E-state index in [0.29, 0.717) is 28.3 Å². The molecule has 130 valence electrons. The number of carbonyl (C=O) groups excluding carboxylic acids is 1. The van der Waals surface area contributed by atoms with Crippen LogP contribution in [0.3, 0.4) is 0 Å². The van der Waals surface area contributed by atoms with Crippen LogP contribution >= 0.6 is 0 Å². The summed E-state index contributed by atoms with van der Waals surface area (Å²) in [6.45, 7) is 1.72. The van der Waals surface area contributed by atoms with Gasteiger partial charge in [-0.15, -0.1) is 0 Å². The van der Waals surface area contributed by atoms with Crippen LogP contribution in [0, 0.1) is 28.4 Å². The molecule has 1 aromatic heterocycles. The molecule has 1 atom stereocenters. The van der Waals surface area contributed by atoms with Crippen LogP contribution in [0.25, 0.3) is 0 Å². The van der Waals surface area contributed by atoms with Crippen LogP contribution in [0.4, 0.5) is 17.2 Å². The molecule has 1 amide bonds.